The first kappa shape index (κ1) is 106. The number of anilines is 2. The van der Waals surface area contributed by atoms with Crippen LogP contribution in [0.1, 0.15) is 100 Å². The van der Waals surface area contributed by atoms with Gasteiger partial charge in [-0.05, 0) is 62.8 Å². The Morgan fingerprint density at radius 3 is 1.18 bits per heavy atom. The molecule has 2 aromatic heterocycles. The predicted molar refractivity (Wildman–Crippen MR) is 419 cm³/mol. The predicted octanol–water partition coefficient (Wildman–Crippen LogP) is -13.5. The van der Waals surface area contributed by atoms with Gasteiger partial charge in [-0.3, -0.25) is 72.1 Å². The number of H-pyrrole nitrogens is 1. The molecule has 0 unspecified atom stereocenters. The van der Waals surface area contributed by atoms with E-state index in [1.165, 1.54) is 30.5 Å². The number of nitrogen functional groups attached to an aromatic ring is 1. The number of aliphatic hydroxyl groups excluding tert-OH is 15. The number of esters is 1. The van der Waals surface area contributed by atoms with E-state index < -0.39 is 332 Å². The molecule has 3 aromatic rings. The smallest absolute Gasteiger partial charge is 0.327 e. The molecule has 2 heterocycles. The van der Waals surface area contributed by atoms with Gasteiger partial charge in [-0.2, -0.15) is 4.98 Å². The summed E-state index contributed by atoms with van der Waals surface area (Å²) in [5.41, 5.74) is 5.34. The number of aliphatic hydroxyl groups is 15. The molecule has 0 saturated carbocycles. The van der Waals surface area contributed by atoms with E-state index in [9.17, 15) is 169 Å². The number of amides is 10. The lowest BCUT2D eigenvalue weighted by Crippen LogP contribution is -2.60. The van der Waals surface area contributed by atoms with Crippen LogP contribution in [0, 0.1) is 0 Å². The van der Waals surface area contributed by atoms with E-state index in [1.54, 1.807) is 0 Å². The number of carboxylic acid groups (broad SMARTS) is 4. The van der Waals surface area contributed by atoms with Crippen molar-refractivity contribution in [2.75, 3.05) is 68.6 Å². The van der Waals surface area contributed by atoms with Crippen LogP contribution < -0.4 is 69.8 Å². The molecule has 52 nitrogen and oxygen atoms in total. The zero-order valence-corrected chi connectivity index (χ0v) is 67.2. The van der Waals surface area contributed by atoms with Crippen molar-refractivity contribution in [3.8, 4) is 0 Å². The van der Waals surface area contributed by atoms with E-state index in [2.05, 4.69) is 78.4 Å². The first-order chi connectivity index (χ1) is 57.9. The highest BCUT2D eigenvalue weighted by Gasteiger charge is 2.38. The first-order valence-electron chi connectivity index (χ1n) is 37.5. The fourth-order valence-corrected chi connectivity index (χ4v) is 12.6. The molecule has 123 heavy (non-hydrogen) atoms. The summed E-state index contributed by atoms with van der Waals surface area (Å²) in [6, 6.07) is -9.18. The largest absolute Gasteiger partial charge is 0.481 e. The number of aliphatic carboxylic acids is 4. The molecule has 19 atom stereocenters. The molecule has 1 aromatic carbocycles. The third-order valence-corrected chi connectivity index (χ3v) is 20.1. The number of hydrogen-bond acceptors (Lipinski definition) is 39. The van der Waals surface area contributed by atoms with E-state index in [1.807, 2.05) is 0 Å². The Morgan fingerprint density at radius 2 is 0.805 bits per heavy atom. The number of ether oxygens (including phenoxy) is 1. The summed E-state index contributed by atoms with van der Waals surface area (Å²) in [6.45, 7) is -5.03. The van der Waals surface area contributed by atoms with Crippen molar-refractivity contribution in [2.45, 2.75) is 206 Å². The molecule has 0 aliphatic heterocycles. The minimum atomic E-state index is -2.27. The van der Waals surface area contributed by atoms with E-state index in [0.717, 1.165) is 28.5 Å². The number of benzene rings is 1. The summed E-state index contributed by atoms with van der Waals surface area (Å²) in [4.78, 5) is 228. The molecule has 0 aliphatic carbocycles. The van der Waals surface area contributed by atoms with E-state index in [-0.39, 0.29) is 47.3 Å². The lowest BCUT2D eigenvalue weighted by atomic mass is 10.0. The van der Waals surface area contributed by atoms with Gasteiger partial charge in [0.25, 0.3) is 11.5 Å². The Kier molecular flexibility index (Phi) is 47.3. The molecule has 54 heteroatoms. The first-order valence-corrected chi connectivity index (χ1v) is 39.9. The lowest BCUT2D eigenvalue weighted by Gasteiger charge is -2.28. The Bertz CT molecular complexity index is 4090. The number of carbonyl (C=O) groups excluding carboxylic acids is 11. The maximum absolute atomic E-state index is 14.8. The molecule has 0 radical (unpaired) electrons. The van der Waals surface area contributed by atoms with Gasteiger partial charge >= 0.3 is 29.8 Å². The van der Waals surface area contributed by atoms with Crippen LogP contribution in [-0.2, 0) is 78.4 Å². The number of fused-ring (bicyclic) bond motifs is 1. The third-order valence-electron chi connectivity index (χ3n) is 17.7. The average Bonchev–Trinajstić information content (AvgIpc) is 0.810. The molecule has 33 N–H and O–H groups in total. The van der Waals surface area contributed by atoms with Crippen molar-refractivity contribution in [1.29, 1.82) is 0 Å². The number of carboxylic acids is 4. The van der Waals surface area contributed by atoms with Crippen LogP contribution in [0.4, 0.5) is 11.6 Å². The lowest BCUT2D eigenvalue weighted by molar-refractivity contribution is -0.142. The normalized spacial score (nSPS) is 16.0. The fraction of sp³-hybridized carbons (Fsp3) is 0.609. The second-order valence-corrected chi connectivity index (χ2v) is 29.9. The van der Waals surface area contributed by atoms with Gasteiger partial charge in [0.05, 0.1) is 56.6 Å². The Labute approximate surface area is 704 Å². The summed E-state index contributed by atoms with van der Waals surface area (Å²) in [5, 5.41) is 214. The maximum atomic E-state index is 14.8. The third kappa shape index (κ3) is 38.7. The van der Waals surface area contributed by atoms with Crippen molar-refractivity contribution in [2.24, 2.45) is 0 Å². The highest BCUT2D eigenvalue weighted by Crippen LogP contribution is 2.23. The minimum Gasteiger partial charge on any atom is -0.481 e. The Hall–Kier alpha value is -10.8. The fourth-order valence-electron chi connectivity index (χ4n) is 10.6. The zero-order chi connectivity index (χ0) is 92.5. The van der Waals surface area contributed by atoms with Gasteiger partial charge in [-0.1, -0.05) is 21.6 Å². The van der Waals surface area contributed by atoms with Crippen LogP contribution in [0.5, 0.6) is 0 Å². The van der Waals surface area contributed by atoms with Crippen molar-refractivity contribution in [1.82, 2.24) is 73.1 Å². The molecule has 10 amide bonds. The molecule has 0 bridgehead atoms. The number of nitrogens with zero attached hydrogens (tertiary/aromatic N) is 3. The number of hydrogen-bond donors (Lipinski definition) is 32. The summed E-state index contributed by atoms with van der Waals surface area (Å²) in [7, 11) is 1.84. The minimum absolute atomic E-state index is 0.00323. The number of nitrogens with one attached hydrogen (secondary N) is 12. The number of rotatable bonds is 60. The standard InChI is InChI=1S/C69H104N16O36S2/c1-29(89)121-18-19-122-123-28-39(68(119)120)83-65(115)35(8-14-48(98)74-24-42(92)55(106)58(109)45(95)27-88)79-64(114)37(11-17-51(102)103)81-62(112)34(7-13-47(97)73-23-41(91)54(105)57(108)44(94)26-87)78-63(113)36(10-16-50(100)101)80-61(111)33(6-12-46(96)72-22-40(90)53(104)56(107)43(93)25-86)77-49(99)15-9-38(67(117)118)82-60(110)30-2-4-31(5-3-30)71-20-32-21-75-59-52(76-32)66(116)85-69(70)84-59/h2-5,21,33-45,53-58,71,86-88,90-95,104-109H,6-20,22-28H2,1H3,(H,72,96)(H,73,97)(H,74,98)(H,77,99)(H,78,113)(H,79,114)(H,80,111)(H,81,112)(H,82,110)(H,83,115)(H,100,101)(H,102,103)(H,117,118)(H,119,120)(H3,70,75,84,85,116)/t33-,34-,35-,36+,37+,38+,39+,40-,41-,42-,43+,44+,45+,53+,54+,55+,56+,57+,58+/m0/s1. The van der Waals surface area contributed by atoms with Crippen LogP contribution in [-0.4, -0.2) is 379 Å². The SMILES string of the molecule is CC(=O)OCCSSC[C@@H](NC(=O)[C@H](CCC(=O)NC[C@H](O)[C@@H](O)[C@H](O)[C@H](O)CO)NC(=O)[C@@H](CCC(=O)O)NC(=O)[C@H](CCC(=O)NC[C@H](O)[C@@H](O)[C@H](O)[C@H](O)CO)NC(=O)[C@@H](CCC(=O)O)NC(=O)[C@H](CCC(=O)NC[C@H](O)[C@@H](O)[C@H](O)[C@H](O)CO)NC(=O)CC[C@@H](NC(=O)c1ccc(NCc2cnc3nc(N)[nH]c(=O)c3n2)cc1)C(=O)O)C(=O)O. The van der Waals surface area contributed by atoms with Crippen molar-refractivity contribution >= 4 is 133 Å². The summed E-state index contributed by atoms with van der Waals surface area (Å²) in [5.74, 6) is -21.0. The van der Waals surface area contributed by atoms with Gasteiger partial charge in [0.15, 0.2) is 11.2 Å². The maximum Gasteiger partial charge on any atom is 0.327 e. The van der Waals surface area contributed by atoms with Crippen molar-refractivity contribution in [3.63, 3.8) is 0 Å². The topological polar surface area (TPSA) is 880 Å². The van der Waals surface area contributed by atoms with E-state index >= 15 is 0 Å². The molecular formula is C69H104N16O36S2. The molecule has 0 aliphatic rings. The van der Waals surface area contributed by atoms with Gasteiger partial charge < -0.3 is 166 Å². The Morgan fingerprint density at radius 1 is 0.447 bits per heavy atom. The van der Waals surface area contributed by atoms with Gasteiger partial charge in [0.2, 0.25) is 59.1 Å². The molecule has 0 fully saturated rings. The number of aromatic nitrogens is 4. The van der Waals surface area contributed by atoms with Crippen LogP contribution in [0.25, 0.3) is 11.2 Å². The van der Waals surface area contributed by atoms with Gasteiger partial charge in [0, 0.05) is 87.8 Å². The summed E-state index contributed by atoms with van der Waals surface area (Å²) < 4.78 is 4.83. The quantitative estimate of drug-likeness (QED) is 0.0142. The van der Waals surface area contributed by atoms with Crippen LogP contribution in [0.3, 0.4) is 0 Å². The van der Waals surface area contributed by atoms with Crippen LogP contribution >= 0.6 is 21.6 Å². The highest BCUT2D eigenvalue weighted by atomic mass is 33.1. The molecule has 3 rings (SSSR count). The van der Waals surface area contributed by atoms with Gasteiger partial charge in [0.1, 0.15) is 104 Å². The summed E-state index contributed by atoms with van der Waals surface area (Å²) >= 11 is 0. The molecular weight excluding hydrogens is 1690 g/mol. The zero-order valence-electron chi connectivity index (χ0n) is 65.6. The molecule has 0 saturated heterocycles. The van der Waals surface area contributed by atoms with E-state index in [4.69, 9.17) is 15.6 Å². The second kappa shape index (κ2) is 54.6. The molecule has 688 valence electrons. The highest BCUT2D eigenvalue weighted by molar-refractivity contribution is 8.76. The number of aromatic amines is 1. The van der Waals surface area contributed by atoms with Crippen molar-refractivity contribution in [3.05, 3.63) is 52.1 Å². The second-order valence-electron chi connectivity index (χ2n) is 27.3. The number of carbonyl (C=O) groups is 15. The van der Waals surface area contributed by atoms with Crippen molar-refractivity contribution < 1.29 is 174 Å². The van der Waals surface area contributed by atoms with Gasteiger partial charge in [-0.15, -0.1) is 0 Å². The average molecular weight is 1800 g/mol. The van der Waals surface area contributed by atoms with E-state index in [0.29, 0.717) is 5.69 Å². The Balaban J connectivity index is 2.09. The number of nitrogens with two attached hydrogens (primary N) is 1. The monoisotopic (exact) mass is 1800 g/mol. The van der Waals surface area contributed by atoms with Crippen LogP contribution in [0.15, 0.2) is 35.3 Å². The molecule has 0 spiro atoms. The van der Waals surface area contributed by atoms with Crippen LogP contribution in [0.2, 0.25) is 0 Å². The van der Waals surface area contributed by atoms with Gasteiger partial charge in [-0.25, -0.2) is 19.6 Å². The summed E-state index contributed by atoms with van der Waals surface area (Å²) in [6.07, 6.45) is -35.1.